The van der Waals surface area contributed by atoms with Gasteiger partial charge in [0.15, 0.2) is 0 Å². The van der Waals surface area contributed by atoms with E-state index in [1.165, 1.54) is 16.6 Å². The van der Waals surface area contributed by atoms with Crippen LogP contribution in [0.25, 0.3) is 0 Å². The first kappa shape index (κ1) is 15.0. The highest BCUT2D eigenvalue weighted by Crippen LogP contribution is 2.12. The molecule has 2 rings (SSSR count). The molecule has 2 aromatic heterocycles. The summed E-state index contributed by atoms with van der Waals surface area (Å²) in [5, 5.41) is 16.9. The second-order valence-corrected chi connectivity index (χ2v) is 6.31. The SMILES string of the molecule is Cn1nnnc1SCCNC(=O)CCCc1cccs1. The quantitative estimate of drug-likeness (QED) is 0.591. The molecule has 1 N–H and O–H groups in total. The number of thiophene rings is 1. The van der Waals surface area contributed by atoms with E-state index < -0.39 is 0 Å². The third-order valence-electron chi connectivity index (χ3n) is 2.64. The smallest absolute Gasteiger partial charge is 0.220 e. The van der Waals surface area contributed by atoms with Crippen molar-refractivity contribution in [2.45, 2.75) is 24.4 Å². The summed E-state index contributed by atoms with van der Waals surface area (Å²) in [5.74, 6) is 0.878. The van der Waals surface area contributed by atoms with Gasteiger partial charge in [0.25, 0.3) is 0 Å². The maximum Gasteiger partial charge on any atom is 0.220 e. The summed E-state index contributed by atoms with van der Waals surface area (Å²) in [7, 11) is 1.80. The molecule has 8 heteroatoms. The third-order valence-corrected chi connectivity index (χ3v) is 4.59. The molecule has 0 aliphatic rings. The van der Waals surface area contributed by atoms with Crippen LogP contribution >= 0.6 is 23.1 Å². The van der Waals surface area contributed by atoms with Gasteiger partial charge in [-0.1, -0.05) is 17.8 Å². The van der Waals surface area contributed by atoms with Crippen LogP contribution in [0.2, 0.25) is 0 Å². The molecule has 0 aromatic carbocycles. The zero-order valence-electron chi connectivity index (χ0n) is 11.3. The number of nitrogens with one attached hydrogen (secondary N) is 1. The van der Waals surface area contributed by atoms with Gasteiger partial charge in [0.1, 0.15) is 0 Å². The molecule has 0 atom stereocenters. The van der Waals surface area contributed by atoms with Crippen molar-refractivity contribution in [2.75, 3.05) is 12.3 Å². The molecule has 0 spiro atoms. The number of hydrogen-bond donors (Lipinski definition) is 1. The summed E-state index contributed by atoms with van der Waals surface area (Å²) >= 11 is 3.27. The number of aromatic nitrogens is 4. The largest absolute Gasteiger partial charge is 0.355 e. The average Bonchev–Trinajstić information content (AvgIpc) is 3.07. The van der Waals surface area contributed by atoms with Crippen molar-refractivity contribution in [3.63, 3.8) is 0 Å². The lowest BCUT2D eigenvalue weighted by Crippen LogP contribution is -2.25. The van der Waals surface area contributed by atoms with Crippen molar-refractivity contribution in [1.82, 2.24) is 25.5 Å². The van der Waals surface area contributed by atoms with E-state index in [2.05, 4.69) is 32.3 Å². The minimum Gasteiger partial charge on any atom is -0.355 e. The first-order valence-corrected chi connectivity index (χ1v) is 8.26. The second kappa shape index (κ2) is 8.01. The van der Waals surface area contributed by atoms with E-state index in [1.54, 1.807) is 23.1 Å². The van der Waals surface area contributed by atoms with Crippen molar-refractivity contribution in [1.29, 1.82) is 0 Å². The molecule has 0 radical (unpaired) electrons. The molecule has 108 valence electrons. The lowest BCUT2D eigenvalue weighted by Gasteiger charge is -2.04. The van der Waals surface area contributed by atoms with Gasteiger partial charge >= 0.3 is 0 Å². The van der Waals surface area contributed by atoms with E-state index in [1.807, 2.05) is 6.07 Å². The Morgan fingerprint density at radius 1 is 1.55 bits per heavy atom. The Morgan fingerprint density at radius 2 is 2.45 bits per heavy atom. The van der Waals surface area contributed by atoms with Crippen LogP contribution in [0.15, 0.2) is 22.7 Å². The van der Waals surface area contributed by atoms with Crippen LogP contribution in [0, 0.1) is 0 Å². The third kappa shape index (κ3) is 4.93. The monoisotopic (exact) mass is 311 g/mol. The zero-order valence-corrected chi connectivity index (χ0v) is 12.9. The Hall–Kier alpha value is -1.41. The van der Waals surface area contributed by atoms with E-state index in [-0.39, 0.29) is 5.91 Å². The first-order valence-electron chi connectivity index (χ1n) is 6.40. The number of carbonyl (C=O) groups excluding carboxylic acids is 1. The lowest BCUT2D eigenvalue weighted by molar-refractivity contribution is -0.121. The van der Waals surface area contributed by atoms with Gasteiger partial charge in [0, 0.05) is 30.6 Å². The van der Waals surface area contributed by atoms with Crippen LogP contribution in [0.1, 0.15) is 17.7 Å². The van der Waals surface area contributed by atoms with Crippen LogP contribution in [-0.2, 0) is 18.3 Å². The number of tetrazole rings is 1. The Balaban J connectivity index is 1.53. The summed E-state index contributed by atoms with van der Waals surface area (Å²) in [6.45, 7) is 0.634. The maximum atomic E-state index is 11.6. The Morgan fingerprint density at radius 3 is 3.15 bits per heavy atom. The summed E-state index contributed by atoms with van der Waals surface area (Å²) < 4.78 is 1.62. The van der Waals surface area contributed by atoms with Crippen LogP contribution in [0.5, 0.6) is 0 Å². The number of nitrogens with zero attached hydrogens (tertiary/aromatic N) is 4. The van der Waals surface area contributed by atoms with Crippen LogP contribution in [0.4, 0.5) is 0 Å². The van der Waals surface area contributed by atoms with E-state index in [0.29, 0.717) is 13.0 Å². The van der Waals surface area contributed by atoms with Gasteiger partial charge in [0.05, 0.1) is 0 Å². The molecule has 0 aliphatic heterocycles. The van der Waals surface area contributed by atoms with Crippen molar-refractivity contribution in [2.24, 2.45) is 7.05 Å². The molecule has 2 heterocycles. The fourth-order valence-corrected chi connectivity index (χ4v) is 3.10. The first-order chi connectivity index (χ1) is 9.75. The van der Waals surface area contributed by atoms with Gasteiger partial charge in [-0.25, -0.2) is 4.68 Å². The lowest BCUT2D eigenvalue weighted by atomic mass is 10.2. The number of amides is 1. The van der Waals surface area contributed by atoms with E-state index >= 15 is 0 Å². The second-order valence-electron chi connectivity index (χ2n) is 4.22. The number of aryl methyl sites for hydroxylation is 2. The molecule has 0 fully saturated rings. The van der Waals surface area contributed by atoms with Crippen molar-refractivity contribution in [3.8, 4) is 0 Å². The van der Waals surface area contributed by atoms with Crippen molar-refractivity contribution in [3.05, 3.63) is 22.4 Å². The molecular formula is C12H17N5OS2. The van der Waals surface area contributed by atoms with Gasteiger partial charge in [-0.05, 0) is 34.7 Å². The van der Waals surface area contributed by atoms with Crippen LogP contribution in [-0.4, -0.2) is 38.4 Å². The van der Waals surface area contributed by atoms with Crippen LogP contribution < -0.4 is 5.32 Å². The average molecular weight is 311 g/mol. The summed E-state index contributed by atoms with van der Waals surface area (Å²) in [6, 6.07) is 4.15. The normalized spacial score (nSPS) is 10.7. The topological polar surface area (TPSA) is 72.7 Å². The number of thioether (sulfide) groups is 1. The fourth-order valence-electron chi connectivity index (χ4n) is 1.64. The molecule has 0 saturated carbocycles. The predicted molar refractivity (Wildman–Crippen MR) is 79.8 cm³/mol. The highest BCUT2D eigenvalue weighted by Gasteiger charge is 2.04. The standard InChI is InChI=1S/C12H17N5OS2/c1-17-12(14-15-16-17)20-9-7-13-11(18)6-2-4-10-5-3-8-19-10/h3,5,8H,2,4,6-7,9H2,1H3,(H,13,18). The highest BCUT2D eigenvalue weighted by molar-refractivity contribution is 7.99. The van der Waals surface area contributed by atoms with Gasteiger partial charge in [-0.15, -0.1) is 16.4 Å². The molecule has 20 heavy (non-hydrogen) atoms. The number of rotatable bonds is 8. The summed E-state index contributed by atoms with van der Waals surface area (Å²) in [4.78, 5) is 13.0. The fraction of sp³-hybridized carbons (Fsp3) is 0.500. The summed E-state index contributed by atoms with van der Waals surface area (Å²) in [5.41, 5.74) is 0. The van der Waals surface area contributed by atoms with E-state index in [9.17, 15) is 4.79 Å². The molecule has 2 aromatic rings. The molecule has 0 saturated heterocycles. The predicted octanol–water partition coefficient (Wildman–Crippen LogP) is 1.50. The summed E-state index contributed by atoms with van der Waals surface area (Å²) in [6.07, 6.45) is 2.45. The van der Waals surface area contributed by atoms with Gasteiger partial charge in [-0.2, -0.15) is 0 Å². The zero-order chi connectivity index (χ0) is 14.2. The molecular weight excluding hydrogens is 294 g/mol. The van der Waals surface area contributed by atoms with E-state index in [0.717, 1.165) is 23.8 Å². The van der Waals surface area contributed by atoms with Crippen LogP contribution in [0.3, 0.4) is 0 Å². The van der Waals surface area contributed by atoms with Gasteiger partial charge in [0.2, 0.25) is 11.1 Å². The Labute approximate surface area is 126 Å². The Kier molecular flexibility index (Phi) is 6.00. The molecule has 0 aliphatic carbocycles. The molecule has 0 bridgehead atoms. The minimum absolute atomic E-state index is 0.109. The minimum atomic E-state index is 0.109. The van der Waals surface area contributed by atoms with Crippen molar-refractivity contribution < 1.29 is 4.79 Å². The van der Waals surface area contributed by atoms with Gasteiger partial charge < -0.3 is 5.32 Å². The highest BCUT2D eigenvalue weighted by atomic mass is 32.2. The van der Waals surface area contributed by atoms with E-state index in [4.69, 9.17) is 0 Å². The number of hydrogen-bond acceptors (Lipinski definition) is 6. The molecule has 0 unspecified atom stereocenters. The van der Waals surface area contributed by atoms with Gasteiger partial charge in [-0.3, -0.25) is 4.79 Å². The Bertz CT molecular complexity index is 526. The molecule has 1 amide bonds. The number of carbonyl (C=O) groups is 1. The maximum absolute atomic E-state index is 11.6. The molecule has 6 nitrogen and oxygen atoms in total. The van der Waals surface area contributed by atoms with Crippen molar-refractivity contribution >= 4 is 29.0 Å².